The molecule has 9 heteroatoms. The molecule has 0 aliphatic carbocycles. The quantitative estimate of drug-likeness (QED) is 0.778. The molecular weight excluding hydrogens is 341 g/mol. The number of rotatable bonds is 5. The second-order valence-electron chi connectivity index (χ2n) is 6.07. The molecule has 1 aliphatic heterocycles. The van der Waals surface area contributed by atoms with Crippen LogP contribution < -0.4 is 5.32 Å². The molecule has 0 spiro atoms. The first-order valence-corrected chi connectivity index (χ1v) is 7.53. The van der Waals surface area contributed by atoms with Crippen molar-refractivity contribution in [1.82, 2.24) is 10.2 Å². The van der Waals surface area contributed by atoms with Crippen LogP contribution in [0.1, 0.15) is 34.6 Å². The van der Waals surface area contributed by atoms with Gasteiger partial charge in [-0.1, -0.05) is 26.0 Å². The number of alkyl halides is 3. The lowest BCUT2D eigenvalue weighted by molar-refractivity contribution is -0.215. The summed E-state index contributed by atoms with van der Waals surface area (Å²) >= 11 is 0. The maximum absolute atomic E-state index is 12.7. The van der Waals surface area contributed by atoms with Crippen molar-refractivity contribution < 1.29 is 32.7 Å². The molecule has 2 unspecified atom stereocenters. The van der Waals surface area contributed by atoms with E-state index in [1.54, 1.807) is 12.1 Å². The molecule has 3 amide bonds. The highest BCUT2D eigenvalue weighted by molar-refractivity contribution is 6.22. The molecule has 2 rings (SSSR count). The van der Waals surface area contributed by atoms with Gasteiger partial charge in [0.15, 0.2) is 6.10 Å². The Bertz CT molecular complexity index is 668. The Balaban J connectivity index is 2.10. The average molecular weight is 358 g/mol. The number of halogens is 3. The van der Waals surface area contributed by atoms with Crippen molar-refractivity contribution in [3.8, 4) is 0 Å². The third-order valence-corrected chi connectivity index (χ3v) is 3.90. The standard InChI is InChI=1S/C16H17F3N2O4/c1-8(2)12(13(23)16(17,18)19)20-11(22)7-21-14(24)9-5-3-4-6-10(9)15(21)25/h3-6,8,12-13,23H,7H2,1-2H3,(H,20,22). The fourth-order valence-corrected chi connectivity index (χ4v) is 2.57. The van der Waals surface area contributed by atoms with Crippen molar-refractivity contribution >= 4 is 17.7 Å². The van der Waals surface area contributed by atoms with Gasteiger partial charge in [0.05, 0.1) is 17.2 Å². The first kappa shape index (κ1) is 18.9. The van der Waals surface area contributed by atoms with E-state index in [1.165, 1.54) is 26.0 Å². The second-order valence-corrected chi connectivity index (χ2v) is 6.07. The van der Waals surface area contributed by atoms with Crippen LogP contribution >= 0.6 is 0 Å². The average Bonchev–Trinajstić information content (AvgIpc) is 2.76. The van der Waals surface area contributed by atoms with Crippen LogP contribution in [0.3, 0.4) is 0 Å². The highest BCUT2D eigenvalue weighted by Gasteiger charge is 2.45. The number of carbonyl (C=O) groups excluding carboxylic acids is 3. The normalized spacial score (nSPS) is 16.8. The number of aliphatic hydroxyl groups is 1. The van der Waals surface area contributed by atoms with E-state index in [0.29, 0.717) is 4.90 Å². The summed E-state index contributed by atoms with van der Waals surface area (Å²) in [4.78, 5) is 37.0. The van der Waals surface area contributed by atoms with Gasteiger partial charge >= 0.3 is 6.18 Å². The van der Waals surface area contributed by atoms with Gasteiger partial charge in [0, 0.05) is 0 Å². The monoisotopic (exact) mass is 358 g/mol. The molecule has 1 heterocycles. The minimum Gasteiger partial charge on any atom is -0.382 e. The predicted molar refractivity (Wildman–Crippen MR) is 80.6 cm³/mol. The van der Waals surface area contributed by atoms with Crippen molar-refractivity contribution in [3.63, 3.8) is 0 Å². The molecule has 6 nitrogen and oxygen atoms in total. The van der Waals surface area contributed by atoms with E-state index in [-0.39, 0.29) is 11.1 Å². The number of aliphatic hydroxyl groups excluding tert-OH is 1. The largest absolute Gasteiger partial charge is 0.416 e. The molecule has 2 N–H and O–H groups in total. The van der Waals surface area contributed by atoms with E-state index in [2.05, 4.69) is 5.32 Å². The number of benzene rings is 1. The van der Waals surface area contributed by atoms with Crippen LogP contribution in [-0.4, -0.2) is 52.6 Å². The lowest BCUT2D eigenvalue weighted by Crippen LogP contribution is -2.54. The molecule has 2 atom stereocenters. The highest BCUT2D eigenvalue weighted by atomic mass is 19.4. The van der Waals surface area contributed by atoms with E-state index >= 15 is 0 Å². The van der Waals surface area contributed by atoms with Gasteiger partial charge in [-0.15, -0.1) is 0 Å². The zero-order chi connectivity index (χ0) is 18.9. The number of carbonyl (C=O) groups is 3. The van der Waals surface area contributed by atoms with Gasteiger partial charge in [0.25, 0.3) is 11.8 Å². The first-order chi connectivity index (χ1) is 11.5. The second kappa shape index (κ2) is 6.83. The lowest BCUT2D eigenvalue weighted by Gasteiger charge is -2.29. The van der Waals surface area contributed by atoms with Crippen LogP contribution in [0.25, 0.3) is 0 Å². The number of nitrogens with zero attached hydrogens (tertiary/aromatic N) is 1. The Morgan fingerprint density at radius 2 is 1.64 bits per heavy atom. The summed E-state index contributed by atoms with van der Waals surface area (Å²) in [6.45, 7) is 2.09. The van der Waals surface area contributed by atoms with Crippen LogP contribution in [0.2, 0.25) is 0 Å². The number of amides is 3. The molecule has 0 saturated carbocycles. The third kappa shape index (κ3) is 3.81. The Hall–Kier alpha value is -2.42. The summed E-state index contributed by atoms with van der Waals surface area (Å²) < 4.78 is 38.1. The van der Waals surface area contributed by atoms with Gasteiger partial charge in [-0.3, -0.25) is 19.3 Å². The molecule has 25 heavy (non-hydrogen) atoms. The molecule has 0 fully saturated rings. The number of hydrogen-bond donors (Lipinski definition) is 2. The predicted octanol–water partition coefficient (Wildman–Crippen LogP) is 1.35. The SMILES string of the molecule is CC(C)C(NC(=O)CN1C(=O)c2ccccc2C1=O)C(O)C(F)(F)F. The smallest absolute Gasteiger partial charge is 0.382 e. The molecule has 0 saturated heterocycles. The number of fused-ring (bicyclic) bond motifs is 1. The number of hydrogen-bond acceptors (Lipinski definition) is 4. The highest BCUT2D eigenvalue weighted by Crippen LogP contribution is 2.26. The maximum Gasteiger partial charge on any atom is 0.416 e. The van der Waals surface area contributed by atoms with Crippen LogP contribution in [0, 0.1) is 5.92 Å². The van der Waals surface area contributed by atoms with E-state index in [0.717, 1.165) is 0 Å². The first-order valence-electron chi connectivity index (χ1n) is 7.53. The van der Waals surface area contributed by atoms with Gasteiger partial charge in [-0.25, -0.2) is 0 Å². The number of nitrogens with one attached hydrogen (secondary N) is 1. The molecule has 0 aromatic heterocycles. The van der Waals surface area contributed by atoms with Gasteiger partial charge in [0.1, 0.15) is 6.54 Å². The van der Waals surface area contributed by atoms with Crippen molar-refractivity contribution in [3.05, 3.63) is 35.4 Å². The Labute approximate surface area is 141 Å². The van der Waals surface area contributed by atoms with Gasteiger partial charge in [-0.05, 0) is 18.1 Å². The summed E-state index contributed by atoms with van der Waals surface area (Å²) in [5.41, 5.74) is 0.270. The minimum absolute atomic E-state index is 0.135. The van der Waals surface area contributed by atoms with E-state index in [9.17, 15) is 32.7 Å². The zero-order valence-electron chi connectivity index (χ0n) is 13.5. The fourth-order valence-electron chi connectivity index (χ4n) is 2.57. The van der Waals surface area contributed by atoms with Crippen LogP contribution in [0.5, 0.6) is 0 Å². The summed E-state index contributed by atoms with van der Waals surface area (Å²) in [6, 6.07) is 4.38. The van der Waals surface area contributed by atoms with Crippen molar-refractivity contribution in [2.24, 2.45) is 5.92 Å². The fraction of sp³-hybridized carbons (Fsp3) is 0.438. The lowest BCUT2D eigenvalue weighted by atomic mass is 9.98. The molecule has 136 valence electrons. The summed E-state index contributed by atoms with van der Waals surface area (Å²) in [7, 11) is 0. The van der Waals surface area contributed by atoms with Gasteiger partial charge in [-0.2, -0.15) is 13.2 Å². The number of imide groups is 1. The van der Waals surface area contributed by atoms with Crippen molar-refractivity contribution in [2.75, 3.05) is 6.54 Å². The summed E-state index contributed by atoms with van der Waals surface area (Å²) in [5.74, 6) is -3.05. The maximum atomic E-state index is 12.7. The van der Waals surface area contributed by atoms with Gasteiger partial charge < -0.3 is 10.4 Å². The zero-order valence-corrected chi connectivity index (χ0v) is 13.5. The Kier molecular flexibility index (Phi) is 5.17. The van der Waals surface area contributed by atoms with E-state index < -0.39 is 48.5 Å². The van der Waals surface area contributed by atoms with Crippen LogP contribution in [-0.2, 0) is 4.79 Å². The molecule has 0 bridgehead atoms. The molecule has 1 aromatic carbocycles. The molecule has 1 aromatic rings. The van der Waals surface area contributed by atoms with Crippen molar-refractivity contribution in [1.29, 1.82) is 0 Å². The Morgan fingerprint density at radius 1 is 1.16 bits per heavy atom. The minimum atomic E-state index is -4.91. The van der Waals surface area contributed by atoms with Gasteiger partial charge in [0.2, 0.25) is 5.91 Å². The molecular formula is C16H17F3N2O4. The summed E-state index contributed by atoms with van der Waals surface area (Å²) in [5, 5.41) is 11.4. The third-order valence-electron chi connectivity index (χ3n) is 3.90. The van der Waals surface area contributed by atoms with Crippen LogP contribution in [0.4, 0.5) is 13.2 Å². The van der Waals surface area contributed by atoms with E-state index in [4.69, 9.17) is 0 Å². The topological polar surface area (TPSA) is 86.7 Å². The van der Waals surface area contributed by atoms with Crippen molar-refractivity contribution in [2.45, 2.75) is 32.2 Å². The van der Waals surface area contributed by atoms with Crippen LogP contribution in [0.15, 0.2) is 24.3 Å². The molecule has 1 aliphatic rings. The Morgan fingerprint density at radius 3 is 2.04 bits per heavy atom. The van der Waals surface area contributed by atoms with E-state index in [1.807, 2.05) is 0 Å². The molecule has 0 radical (unpaired) electrons. The summed E-state index contributed by atoms with van der Waals surface area (Å²) in [6.07, 6.45) is -7.66.